The lowest BCUT2D eigenvalue weighted by atomic mass is 10.2. The summed E-state index contributed by atoms with van der Waals surface area (Å²) in [5.74, 6) is 0.656. The second kappa shape index (κ2) is 11.3. The highest BCUT2D eigenvalue weighted by atomic mass is 32.2. The number of benzene rings is 2. The highest BCUT2D eigenvalue weighted by molar-refractivity contribution is 7.93. The van der Waals surface area contributed by atoms with E-state index >= 15 is 0 Å². The Morgan fingerprint density at radius 1 is 1.06 bits per heavy atom. The lowest BCUT2D eigenvalue weighted by molar-refractivity contribution is 0.196. The smallest absolute Gasteiger partial charge is 0.264 e. The van der Waals surface area contributed by atoms with Crippen LogP contribution in [0.25, 0.3) is 0 Å². The van der Waals surface area contributed by atoms with Crippen LogP contribution >= 0.6 is 12.2 Å². The van der Waals surface area contributed by atoms with Gasteiger partial charge in [-0.3, -0.25) is 4.72 Å². The molecule has 1 aliphatic rings. The normalized spacial score (nSPS) is 13.6. The molecule has 0 saturated carbocycles. The third-order valence-corrected chi connectivity index (χ3v) is 6.76. The van der Waals surface area contributed by atoms with Crippen LogP contribution in [0.3, 0.4) is 0 Å². The van der Waals surface area contributed by atoms with E-state index in [9.17, 15) is 8.42 Å². The van der Waals surface area contributed by atoms with Gasteiger partial charge in [0.2, 0.25) is 0 Å². The second-order valence-corrected chi connectivity index (χ2v) is 9.50. The number of hydrogen-bond donors (Lipinski definition) is 3. The van der Waals surface area contributed by atoms with Crippen molar-refractivity contribution in [1.29, 1.82) is 0 Å². The number of nitrogens with one attached hydrogen (secondary N) is 3. The van der Waals surface area contributed by atoms with Crippen LogP contribution in [-0.4, -0.2) is 54.0 Å². The standard InChI is InChI=1S/C22H30N4O4S2/c1-29-15-5-12-23-22(31)24-18-8-11-20(26-13-3-4-14-26)21(16-18)32(27,28)25-17-6-9-19(30-2)10-7-17/h6-11,16,25H,3-5,12-15H2,1-2H3,(H2,23,24,31). The van der Waals surface area contributed by atoms with Crippen molar-refractivity contribution in [3.63, 3.8) is 0 Å². The maximum Gasteiger partial charge on any atom is 0.264 e. The van der Waals surface area contributed by atoms with Crippen LogP contribution in [-0.2, 0) is 14.8 Å². The molecule has 0 unspecified atom stereocenters. The van der Waals surface area contributed by atoms with Crippen molar-refractivity contribution in [2.45, 2.75) is 24.2 Å². The molecule has 0 spiro atoms. The Hall–Kier alpha value is -2.56. The summed E-state index contributed by atoms with van der Waals surface area (Å²) in [6.45, 7) is 2.96. The lowest BCUT2D eigenvalue weighted by Gasteiger charge is -2.23. The molecule has 1 aliphatic heterocycles. The number of thiocarbonyl (C=S) groups is 1. The van der Waals surface area contributed by atoms with Gasteiger partial charge in [-0.25, -0.2) is 8.42 Å². The van der Waals surface area contributed by atoms with Crippen LogP contribution in [0.5, 0.6) is 5.75 Å². The molecule has 8 nitrogen and oxygen atoms in total. The maximum atomic E-state index is 13.4. The first-order chi connectivity index (χ1) is 15.4. The summed E-state index contributed by atoms with van der Waals surface area (Å²) in [6, 6.07) is 12.1. The molecule has 0 atom stereocenters. The van der Waals surface area contributed by atoms with Crippen LogP contribution in [0.1, 0.15) is 19.3 Å². The molecule has 10 heteroatoms. The zero-order valence-corrected chi connectivity index (χ0v) is 20.0. The van der Waals surface area contributed by atoms with Gasteiger partial charge in [-0.05, 0) is 73.9 Å². The third kappa shape index (κ3) is 6.47. The molecule has 0 aliphatic carbocycles. The van der Waals surface area contributed by atoms with Crippen molar-refractivity contribution < 1.29 is 17.9 Å². The van der Waals surface area contributed by atoms with E-state index in [-0.39, 0.29) is 4.90 Å². The van der Waals surface area contributed by atoms with Crippen LogP contribution in [0.2, 0.25) is 0 Å². The molecule has 3 N–H and O–H groups in total. The van der Waals surface area contributed by atoms with Crippen molar-refractivity contribution in [2.24, 2.45) is 0 Å². The minimum Gasteiger partial charge on any atom is -0.497 e. The number of ether oxygens (including phenoxy) is 2. The fourth-order valence-corrected chi connectivity index (χ4v) is 5.02. The van der Waals surface area contributed by atoms with E-state index in [1.807, 2.05) is 12.1 Å². The van der Waals surface area contributed by atoms with Gasteiger partial charge in [-0.15, -0.1) is 0 Å². The Balaban J connectivity index is 1.83. The van der Waals surface area contributed by atoms with Gasteiger partial charge in [0.05, 0.1) is 12.8 Å². The van der Waals surface area contributed by atoms with Gasteiger partial charge in [0.15, 0.2) is 5.11 Å². The Bertz CT molecular complexity index is 1010. The van der Waals surface area contributed by atoms with Gasteiger partial charge in [0, 0.05) is 44.7 Å². The average molecular weight is 479 g/mol. The Kier molecular flexibility index (Phi) is 8.54. The van der Waals surface area contributed by atoms with Crippen molar-refractivity contribution >= 4 is 44.4 Å². The van der Waals surface area contributed by atoms with E-state index in [2.05, 4.69) is 20.3 Å². The summed E-state index contributed by atoms with van der Waals surface area (Å²) < 4.78 is 39.6. The summed E-state index contributed by atoms with van der Waals surface area (Å²) in [4.78, 5) is 2.32. The van der Waals surface area contributed by atoms with Gasteiger partial charge in [-0.2, -0.15) is 0 Å². The zero-order chi connectivity index (χ0) is 23.0. The zero-order valence-electron chi connectivity index (χ0n) is 18.4. The summed E-state index contributed by atoms with van der Waals surface area (Å²) >= 11 is 5.34. The second-order valence-electron chi connectivity index (χ2n) is 7.44. The van der Waals surface area contributed by atoms with Crippen molar-refractivity contribution in [1.82, 2.24) is 5.32 Å². The van der Waals surface area contributed by atoms with Crippen LogP contribution in [0.4, 0.5) is 17.1 Å². The van der Waals surface area contributed by atoms with E-state index in [0.717, 1.165) is 32.4 Å². The van der Waals surface area contributed by atoms with Crippen molar-refractivity contribution in [2.75, 3.05) is 55.4 Å². The fraction of sp³-hybridized carbons (Fsp3) is 0.409. The topological polar surface area (TPSA) is 91.9 Å². The highest BCUT2D eigenvalue weighted by Crippen LogP contribution is 2.32. The molecule has 1 fully saturated rings. The molecule has 1 saturated heterocycles. The quantitative estimate of drug-likeness (QED) is 0.353. The molecule has 2 aromatic carbocycles. The molecular formula is C22H30N4O4S2. The monoisotopic (exact) mass is 478 g/mol. The van der Waals surface area contributed by atoms with Crippen LogP contribution in [0, 0.1) is 0 Å². The van der Waals surface area contributed by atoms with Crippen molar-refractivity contribution in [3.05, 3.63) is 42.5 Å². The molecule has 3 rings (SSSR count). The van der Waals surface area contributed by atoms with Crippen molar-refractivity contribution in [3.8, 4) is 5.75 Å². The molecule has 174 valence electrons. The van der Waals surface area contributed by atoms with Gasteiger partial charge in [0.1, 0.15) is 10.6 Å². The first-order valence-electron chi connectivity index (χ1n) is 10.5. The van der Waals surface area contributed by atoms with Gasteiger partial charge < -0.3 is 25.0 Å². The molecule has 0 bridgehead atoms. The summed E-state index contributed by atoms with van der Waals surface area (Å²) in [5, 5.41) is 6.61. The predicted molar refractivity (Wildman–Crippen MR) is 132 cm³/mol. The average Bonchev–Trinajstić information content (AvgIpc) is 3.32. The Labute approximate surface area is 195 Å². The summed E-state index contributed by atoms with van der Waals surface area (Å²) in [5.41, 5.74) is 1.76. The van der Waals surface area contributed by atoms with E-state index in [1.54, 1.807) is 44.6 Å². The maximum absolute atomic E-state index is 13.4. The third-order valence-electron chi connectivity index (χ3n) is 5.11. The predicted octanol–water partition coefficient (Wildman–Crippen LogP) is 3.42. The van der Waals surface area contributed by atoms with Gasteiger partial charge in [0.25, 0.3) is 10.0 Å². The first kappa shape index (κ1) is 24.1. The number of methoxy groups -OCH3 is 2. The lowest BCUT2D eigenvalue weighted by Crippen LogP contribution is -2.30. The number of rotatable bonds is 10. The largest absolute Gasteiger partial charge is 0.497 e. The minimum absolute atomic E-state index is 0.211. The van der Waals surface area contributed by atoms with Gasteiger partial charge in [-0.1, -0.05) is 0 Å². The number of hydrogen-bond acceptors (Lipinski definition) is 6. The van der Waals surface area contributed by atoms with E-state index in [0.29, 0.717) is 41.1 Å². The van der Waals surface area contributed by atoms with Crippen LogP contribution in [0.15, 0.2) is 47.4 Å². The molecule has 1 heterocycles. The first-order valence-corrected chi connectivity index (χ1v) is 12.4. The Morgan fingerprint density at radius 3 is 2.41 bits per heavy atom. The van der Waals surface area contributed by atoms with Crippen LogP contribution < -0.4 is 25.0 Å². The van der Waals surface area contributed by atoms with Gasteiger partial charge >= 0.3 is 0 Å². The SMILES string of the molecule is COCCCNC(=S)Nc1ccc(N2CCCC2)c(S(=O)(=O)Nc2ccc(OC)cc2)c1. The highest BCUT2D eigenvalue weighted by Gasteiger charge is 2.25. The van der Waals surface area contributed by atoms with E-state index in [1.165, 1.54) is 0 Å². The minimum atomic E-state index is -3.84. The number of nitrogens with zero attached hydrogens (tertiary/aromatic N) is 1. The Morgan fingerprint density at radius 2 is 1.75 bits per heavy atom. The molecule has 32 heavy (non-hydrogen) atoms. The molecule has 2 aromatic rings. The molecule has 0 radical (unpaired) electrons. The number of anilines is 3. The molecule has 0 amide bonds. The summed E-state index contributed by atoms with van der Waals surface area (Å²) in [7, 11) is -0.617. The molecule has 0 aromatic heterocycles. The summed E-state index contributed by atoms with van der Waals surface area (Å²) in [6.07, 6.45) is 2.90. The van der Waals surface area contributed by atoms with E-state index < -0.39 is 10.0 Å². The number of sulfonamides is 1. The van der Waals surface area contributed by atoms with E-state index in [4.69, 9.17) is 21.7 Å². The molecular weight excluding hydrogens is 448 g/mol. The fourth-order valence-electron chi connectivity index (χ4n) is 3.49.